The maximum Gasteiger partial charge on any atom is 0.307 e. The second-order valence-corrected chi connectivity index (χ2v) is 4.25. The summed E-state index contributed by atoms with van der Waals surface area (Å²) >= 11 is 0. The van der Waals surface area contributed by atoms with Crippen LogP contribution < -0.4 is 0 Å². The molecule has 0 aliphatic heterocycles. The quantitative estimate of drug-likeness (QED) is 0.804. The monoisotopic (exact) mass is 204 g/mol. The summed E-state index contributed by atoms with van der Waals surface area (Å²) < 4.78 is 0. The fourth-order valence-corrected chi connectivity index (χ4v) is 2.53. The SMILES string of the molecule is O=C(O)[C@@H]1CCCC[C@H]1c1ccccc1. The average Bonchev–Trinajstić information content (AvgIpc) is 2.30. The largest absolute Gasteiger partial charge is 0.481 e. The first kappa shape index (κ1) is 10.2. The fraction of sp³-hybridized carbons (Fsp3) is 0.462. The first-order valence-electron chi connectivity index (χ1n) is 5.57. The van der Waals surface area contributed by atoms with Crippen LogP contribution >= 0.6 is 0 Å². The highest BCUT2D eigenvalue weighted by molar-refractivity contribution is 5.71. The molecule has 1 aromatic carbocycles. The Bertz CT molecular complexity index is 332. The van der Waals surface area contributed by atoms with Crippen LogP contribution in [0.5, 0.6) is 0 Å². The van der Waals surface area contributed by atoms with Gasteiger partial charge in [-0.25, -0.2) is 0 Å². The molecule has 80 valence electrons. The summed E-state index contributed by atoms with van der Waals surface area (Å²) in [5, 5.41) is 9.17. The van der Waals surface area contributed by atoms with Crippen molar-refractivity contribution in [1.29, 1.82) is 0 Å². The smallest absolute Gasteiger partial charge is 0.307 e. The summed E-state index contributed by atoms with van der Waals surface area (Å²) in [4.78, 5) is 11.1. The van der Waals surface area contributed by atoms with Crippen molar-refractivity contribution in [2.75, 3.05) is 0 Å². The molecular formula is C13H16O2. The topological polar surface area (TPSA) is 37.3 Å². The Morgan fingerprint density at radius 1 is 1.13 bits per heavy atom. The Balaban J connectivity index is 2.22. The van der Waals surface area contributed by atoms with Gasteiger partial charge in [0.05, 0.1) is 5.92 Å². The van der Waals surface area contributed by atoms with Gasteiger partial charge in [0.2, 0.25) is 0 Å². The van der Waals surface area contributed by atoms with Crippen LogP contribution in [0.25, 0.3) is 0 Å². The van der Waals surface area contributed by atoms with E-state index in [1.165, 1.54) is 5.56 Å². The molecule has 1 aliphatic rings. The van der Waals surface area contributed by atoms with E-state index in [2.05, 4.69) is 0 Å². The van der Waals surface area contributed by atoms with Crippen LogP contribution in [0.2, 0.25) is 0 Å². The van der Waals surface area contributed by atoms with Gasteiger partial charge in [-0.15, -0.1) is 0 Å². The third-order valence-electron chi connectivity index (χ3n) is 3.31. The highest BCUT2D eigenvalue weighted by Gasteiger charge is 2.31. The number of hydrogen-bond donors (Lipinski definition) is 1. The number of aliphatic carboxylic acids is 1. The molecule has 0 heterocycles. The minimum atomic E-state index is -0.636. The van der Waals surface area contributed by atoms with Crippen molar-refractivity contribution in [3.63, 3.8) is 0 Å². The van der Waals surface area contributed by atoms with E-state index >= 15 is 0 Å². The van der Waals surface area contributed by atoms with Gasteiger partial charge in [0.25, 0.3) is 0 Å². The second-order valence-electron chi connectivity index (χ2n) is 4.25. The summed E-state index contributed by atoms with van der Waals surface area (Å²) in [6, 6.07) is 10.0. The van der Waals surface area contributed by atoms with Gasteiger partial charge in [-0.1, -0.05) is 43.2 Å². The lowest BCUT2D eigenvalue weighted by Gasteiger charge is -2.28. The summed E-state index contributed by atoms with van der Waals surface area (Å²) in [7, 11) is 0. The van der Waals surface area contributed by atoms with Crippen LogP contribution in [-0.2, 0) is 4.79 Å². The van der Waals surface area contributed by atoms with Gasteiger partial charge in [-0.2, -0.15) is 0 Å². The molecule has 1 N–H and O–H groups in total. The molecule has 1 aromatic rings. The minimum absolute atomic E-state index is 0.179. The van der Waals surface area contributed by atoms with Crippen molar-refractivity contribution in [3.8, 4) is 0 Å². The molecule has 1 fully saturated rings. The van der Waals surface area contributed by atoms with Gasteiger partial charge < -0.3 is 5.11 Å². The molecule has 1 aliphatic carbocycles. The lowest BCUT2D eigenvalue weighted by Crippen LogP contribution is -2.25. The Morgan fingerprint density at radius 3 is 2.47 bits per heavy atom. The molecule has 15 heavy (non-hydrogen) atoms. The van der Waals surface area contributed by atoms with E-state index in [1.54, 1.807) is 0 Å². The number of carboxylic acids is 1. The predicted molar refractivity (Wildman–Crippen MR) is 58.8 cm³/mol. The third kappa shape index (κ3) is 2.20. The first-order chi connectivity index (χ1) is 7.29. The van der Waals surface area contributed by atoms with Crippen molar-refractivity contribution >= 4 is 5.97 Å². The van der Waals surface area contributed by atoms with Gasteiger partial charge in [-0.05, 0) is 24.3 Å². The van der Waals surface area contributed by atoms with Crippen LogP contribution in [0.1, 0.15) is 37.2 Å². The first-order valence-corrected chi connectivity index (χ1v) is 5.57. The Kier molecular flexibility index (Phi) is 3.05. The van der Waals surface area contributed by atoms with Crippen LogP contribution in [0.4, 0.5) is 0 Å². The summed E-state index contributed by atoms with van der Waals surface area (Å²) in [5.41, 5.74) is 1.18. The Morgan fingerprint density at radius 2 is 1.80 bits per heavy atom. The summed E-state index contributed by atoms with van der Waals surface area (Å²) in [5.74, 6) is -0.595. The molecule has 0 aromatic heterocycles. The van der Waals surface area contributed by atoms with Crippen LogP contribution in [-0.4, -0.2) is 11.1 Å². The zero-order chi connectivity index (χ0) is 10.7. The molecule has 0 amide bonds. The standard InChI is InChI=1S/C13H16O2/c14-13(15)12-9-5-4-8-11(12)10-6-2-1-3-7-10/h1-3,6-7,11-12H,4-5,8-9H2,(H,14,15)/t11-,12+/m0/s1. The number of rotatable bonds is 2. The third-order valence-corrected chi connectivity index (χ3v) is 3.31. The normalized spacial score (nSPS) is 26.1. The molecule has 0 spiro atoms. The number of carbonyl (C=O) groups is 1. The van der Waals surface area contributed by atoms with Gasteiger partial charge in [0, 0.05) is 0 Å². The Labute approximate surface area is 89.9 Å². The van der Waals surface area contributed by atoms with E-state index in [9.17, 15) is 4.79 Å². The summed E-state index contributed by atoms with van der Waals surface area (Å²) in [6.45, 7) is 0. The second kappa shape index (κ2) is 4.47. The number of benzene rings is 1. The molecule has 0 bridgehead atoms. The lowest BCUT2D eigenvalue weighted by molar-refractivity contribution is -0.143. The van der Waals surface area contributed by atoms with Crippen molar-refractivity contribution in [3.05, 3.63) is 35.9 Å². The highest BCUT2D eigenvalue weighted by atomic mass is 16.4. The van der Waals surface area contributed by atoms with E-state index < -0.39 is 5.97 Å². The molecule has 2 atom stereocenters. The fourth-order valence-electron chi connectivity index (χ4n) is 2.53. The molecule has 0 radical (unpaired) electrons. The molecule has 2 rings (SSSR count). The van der Waals surface area contributed by atoms with Gasteiger partial charge in [0.15, 0.2) is 0 Å². The molecule has 0 unspecified atom stereocenters. The van der Waals surface area contributed by atoms with E-state index in [-0.39, 0.29) is 11.8 Å². The van der Waals surface area contributed by atoms with Gasteiger partial charge in [-0.3, -0.25) is 4.79 Å². The molecule has 0 saturated heterocycles. The summed E-state index contributed by atoms with van der Waals surface area (Å²) in [6.07, 6.45) is 4.06. The van der Waals surface area contributed by atoms with Crippen LogP contribution in [0, 0.1) is 5.92 Å². The number of hydrogen-bond acceptors (Lipinski definition) is 1. The zero-order valence-electron chi connectivity index (χ0n) is 8.73. The van der Waals surface area contributed by atoms with E-state index in [4.69, 9.17) is 5.11 Å². The average molecular weight is 204 g/mol. The van der Waals surface area contributed by atoms with Crippen LogP contribution in [0.15, 0.2) is 30.3 Å². The van der Waals surface area contributed by atoms with Gasteiger partial charge in [0.1, 0.15) is 0 Å². The molecule has 2 nitrogen and oxygen atoms in total. The van der Waals surface area contributed by atoms with E-state index in [0.29, 0.717) is 0 Å². The zero-order valence-corrected chi connectivity index (χ0v) is 8.73. The number of carboxylic acid groups (broad SMARTS) is 1. The van der Waals surface area contributed by atoms with E-state index in [0.717, 1.165) is 25.7 Å². The molecule has 2 heteroatoms. The maximum absolute atomic E-state index is 11.1. The maximum atomic E-state index is 11.1. The molecule has 1 saturated carbocycles. The van der Waals surface area contributed by atoms with Crippen molar-refractivity contribution < 1.29 is 9.90 Å². The van der Waals surface area contributed by atoms with Gasteiger partial charge >= 0.3 is 5.97 Å². The van der Waals surface area contributed by atoms with Crippen molar-refractivity contribution in [1.82, 2.24) is 0 Å². The van der Waals surface area contributed by atoms with E-state index in [1.807, 2.05) is 30.3 Å². The molecular weight excluding hydrogens is 188 g/mol. The lowest BCUT2D eigenvalue weighted by atomic mass is 9.75. The Hall–Kier alpha value is -1.31. The predicted octanol–water partition coefficient (Wildman–Crippen LogP) is 3.05. The van der Waals surface area contributed by atoms with Crippen LogP contribution in [0.3, 0.4) is 0 Å². The highest BCUT2D eigenvalue weighted by Crippen LogP contribution is 2.37. The van der Waals surface area contributed by atoms with Crippen molar-refractivity contribution in [2.24, 2.45) is 5.92 Å². The minimum Gasteiger partial charge on any atom is -0.481 e. The van der Waals surface area contributed by atoms with Crippen molar-refractivity contribution in [2.45, 2.75) is 31.6 Å².